The molecule has 9 nitrogen and oxygen atoms in total. The van der Waals surface area contributed by atoms with Gasteiger partial charge in [0, 0.05) is 32.2 Å². The van der Waals surface area contributed by atoms with E-state index < -0.39 is 26.6 Å². The average Bonchev–Trinajstić information content (AvgIpc) is 2.59. The smallest absolute Gasteiger partial charge is 0.289 e. The molecular weight excluding hydrogens is 336 g/mol. The Morgan fingerprint density at radius 1 is 1.42 bits per heavy atom. The Kier molecular flexibility index (Phi) is 5.86. The van der Waals surface area contributed by atoms with Gasteiger partial charge in [-0.3, -0.25) is 14.9 Å². The van der Waals surface area contributed by atoms with Crippen molar-refractivity contribution >= 4 is 21.6 Å². The van der Waals surface area contributed by atoms with Gasteiger partial charge in [0.2, 0.25) is 15.9 Å². The summed E-state index contributed by atoms with van der Waals surface area (Å²) in [6.07, 6.45) is 1.08. The molecule has 2 rings (SSSR count). The molecule has 0 aliphatic carbocycles. The first-order chi connectivity index (χ1) is 11.4. The maximum absolute atomic E-state index is 12.8. The predicted molar refractivity (Wildman–Crippen MR) is 86.6 cm³/mol. The summed E-state index contributed by atoms with van der Waals surface area (Å²) in [6.45, 7) is 0.864. The van der Waals surface area contributed by atoms with E-state index in [2.05, 4.69) is 5.32 Å². The molecule has 0 saturated carbocycles. The van der Waals surface area contributed by atoms with Gasteiger partial charge in [0.25, 0.3) is 5.69 Å². The number of rotatable bonds is 6. The van der Waals surface area contributed by atoms with Crippen molar-refractivity contribution in [1.82, 2.24) is 9.62 Å². The number of nitro groups is 1. The van der Waals surface area contributed by atoms with Gasteiger partial charge in [-0.2, -0.15) is 4.31 Å². The van der Waals surface area contributed by atoms with Gasteiger partial charge in [0.05, 0.1) is 10.8 Å². The van der Waals surface area contributed by atoms with Crippen LogP contribution in [0.2, 0.25) is 0 Å². The Balaban J connectivity index is 2.24. The van der Waals surface area contributed by atoms with Crippen LogP contribution < -0.4 is 11.1 Å². The van der Waals surface area contributed by atoms with Gasteiger partial charge in [-0.1, -0.05) is 12.1 Å². The summed E-state index contributed by atoms with van der Waals surface area (Å²) >= 11 is 0. The van der Waals surface area contributed by atoms with E-state index in [1.807, 2.05) is 0 Å². The molecule has 0 aromatic heterocycles. The topological polar surface area (TPSA) is 136 Å². The van der Waals surface area contributed by atoms with Crippen molar-refractivity contribution in [3.05, 3.63) is 34.4 Å². The molecule has 1 saturated heterocycles. The lowest BCUT2D eigenvalue weighted by Gasteiger charge is -2.31. The van der Waals surface area contributed by atoms with Crippen LogP contribution in [0.1, 0.15) is 12.8 Å². The molecule has 24 heavy (non-hydrogen) atoms. The maximum Gasteiger partial charge on any atom is 0.289 e. The van der Waals surface area contributed by atoms with Crippen LogP contribution in [0, 0.1) is 16.0 Å². The summed E-state index contributed by atoms with van der Waals surface area (Å²) in [6, 6.07) is 5.22. The summed E-state index contributed by atoms with van der Waals surface area (Å²) in [7, 11) is -4.04. The van der Waals surface area contributed by atoms with Crippen LogP contribution in [-0.2, 0) is 14.8 Å². The lowest BCUT2D eigenvalue weighted by atomic mass is 9.99. The van der Waals surface area contributed by atoms with Crippen LogP contribution in [0.5, 0.6) is 0 Å². The highest BCUT2D eigenvalue weighted by Crippen LogP contribution is 2.29. The van der Waals surface area contributed by atoms with E-state index in [1.165, 1.54) is 18.2 Å². The first-order valence-electron chi connectivity index (χ1n) is 7.59. The summed E-state index contributed by atoms with van der Waals surface area (Å²) in [5, 5.41) is 13.7. The molecule has 1 aliphatic rings. The third-order valence-corrected chi connectivity index (χ3v) is 5.79. The van der Waals surface area contributed by atoms with Gasteiger partial charge in [-0.05, 0) is 18.9 Å². The molecule has 1 fully saturated rings. The van der Waals surface area contributed by atoms with Crippen molar-refractivity contribution in [3.63, 3.8) is 0 Å². The first-order valence-corrected chi connectivity index (χ1v) is 9.03. The molecule has 1 atom stereocenters. The van der Waals surface area contributed by atoms with Gasteiger partial charge in [-0.15, -0.1) is 0 Å². The summed E-state index contributed by atoms with van der Waals surface area (Å²) in [5.74, 6) is -0.731. The van der Waals surface area contributed by atoms with E-state index in [9.17, 15) is 23.3 Å². The molecule has 1 aromatic carbocycles. The minimum absolute atomic E-state index is 0.00475. The van der Waals surface area contributed by atoms with Gasteiger partial charge in [-0.25, -0.2) is 8.42 Å². The number of sulfonamides is 1. The molecule has 1 unspecified atom stereocenters. The van der Waals surface area contributed by atoms with E-state index in [1.54, 1.807) is 0 Å². The zero-order chi connectivity index (χ0) is 17.7. The summed E-state index contributed by atoms with van der Waals surface area (Å²) < 4.78 is 26.7. The van der Waals surface area contributed by atoms with Crippen molar-refractivity contribution in [2.24, 2.45) is 11.7 Å². The largest absolute Gasteiger partial charge is 0.355 e. The molecule has 0 bridgehead atoms. The lowest BCUT2D eigenvalue weighted by molar-refractivity contribution is -0.387. The van der Waals surface area contributed by atoms with Gasteiger partial charge < -0.3 is 11.1 Å². The molecule has 0 radical (unpaired) electrons. The fourth-order valence-electron chi connectivity index (χ4n) is 2.68. The minimum atomic E-state index is -4.04. The number of para-hydroxylation sites is 1. The minimum Gasteiger partial charge on any atom is -0.355 e. The van der Waals surface area contributed by atoms with Crippen molar-refractivity contribution in [2.45, 2.75) is 17.7 Å². The number of amides is 1. The molecular formula is C14H20N4O5S. The molecule has 0 spiro atoms. The Labute approximate surface area is 140 Å². The highest BCUT2D eigenvalue weighted by Gasteiger charge is 2.36. The summed E-state index contributed by atoms with van der Waals surface area (Å²) in [4.78, 5) is 22.1. The number of hydrogen-bond acceptors (Lipinski definition) is 6. The highest BCUT2D eigenvalue weighted by atomic mass is 32.2. The number of hydrogen-bond donors (Lipinski definition) is 2. The normalized spacial score (nSPS) is 19.0. The number of nitrogens with two attached hydrogens (primary N) is 1. The highest BCUT2D eigenvalue weighted by molar-refractivity contribution is 7.89. The third-order valence-electron chi connectivity index (χ3n) is 3.88. The number of benzene rings is 1. The Hall–Kier alpha value is -2.04. The number of carbonyl (C=O) groups excluding carboxylic acids is 1. The van der Waals surface area contributed by atoms with Crippen LogP contribution in [0.3, 0.4) is 0 Å². The Bertz CT molecular complexity index is 722. The number of carbonyl (C=O) groups is 1. The lowest BCUT2D eigenvalue weighted by Crippen LogP contribution is -2.46. The van der Waals surface area contributed by atoms with Crippen LogP contribution in [-0.4, -0.2) is 49.7 Å². The van der Waals surface area contributed by atoms with E-state index in [-0.39, 0.29) is 23.9 Å². The van der Waals surface area contributed by atoms with Crippen LogP contribution >= 0.6 is 0 Å². The van der Waals surface area contributed by atoms with Crippen LogP contribution in [0.15, 0.2) is 29.2 Å². The monoisotopic (exact) mass is 356 g/mol. The number of piperidine rings is 1. The number of nitro benzene ring substituents is 1. The van der Waals surface area contributed by atoms with Gasteiger partial charge >= 0.3 is 0 Å². The van der Waals surface area contributed by atoms with Crippen molar-refractivity contribution < 1.29 is 18.1 Å². The standard InChI is InChI=1S/C14H20N4O5S/c15-7-8-16-14(19)11-4-3-9-17(10-11)24(22,23)13-6-2-1-5-12(13)18(20)21/h1-2,5-6,11H,3-4,7-10,15H2,(H,16,19). The predicted octanol–water partition coefficient (Wildman–Crippen LogP) is 0.0704. The molecule has 1 aliphatic heterocycles. The third kappa shape index (κ3) is 3.89. The molecule has 10 heteroatoms. The van der Waals surface area contributed by atoms with E-state index in [4.69, 9.17) is 5.73 Å². The van der Waals surface area contributed by atoms with Gasteiger partial charge in [0.15, 0.2) is 4.90 Å². The fourth-order valence-corrected chi connectivity index (χ4v) is 4.36. The maximum atomic E-state index is 12.8. The second kappa shape index (κ2) is 7.69. The zero-order valence-electron chi connectivity index (χ0n) is 13.1. The van der Waals surface area contributed by atoms with Crippen molar-refractivity contribution in [3.8, 4) is 0 Å². The molecule has 1 aromatic rings. The second-order valence-corrected chi connectivity index (χ2v) is 7.41. The second-order valence-electron chi connectivity index (χ2n) is 5.51. The van der Waals surface area contributed by atoms with E-state index in [0.717, 1.165) is 10.4 Å². The fraction of sp³-hybridized carbons (Fsp3) is 0.500. The summed E-state index contributed by atoms with van der Waals surface area (Å²) in [5.41, 5.74) is 4.87. The average molecular weight is 356 g/mol. The van der Waals surface area contributed by atoms with Gasteiger partial charge in [0.1, 0.15) is 0 Å². The van der Waals surface area contributed by atoms with E-state index >= 15 is 0 Å². The van der Waals surface area contributed by atoms with Crippen LogP contribution in [0.4, 0.5) is 5.69 Å². The molecule has 3 N–H and O–H groups in total. The first kappa shape index (κ1) is 18.3. The van der Waals surface area contributed by atoms with Crippen molar-refractivity contribution in [2.75, 3.05) is 26.2 Å². The molecule has 1 amide bonds. The Morgan fingerprint density at radius 3 is 2.79 bits per heavy atom. The van der Waals surface area contributed by atoms with E-state index in [0.29, 0.717) is 25.9 Å². The zero-order valence-corrected chi connectivity index (χ0v) is 13.9. The Morgan fingerprint density at radius 2 is 2.12 bits per heavy atom. The SMILES string of the molecule is NCCNC(=O)C1CCCN(S(=O)(=O)c2ccccc2[N+](=O)[O-])C1. The molecule has 1 heterocycles. The number of nitrogens with one attached hydrogen (secondary N) is 1. The molecule has 132 valence electrons. The quantitative estimate of drug-likeness (QED) is 0.547. The van der Waals surface area contributed by atoms with Crippen molar-refractivity contribution in [1.29, 1.82) is 0 Å². The number of nitrogens with zero attached hydrogens (tertiary/aromatic N) is 2. The van der Waals surface area contributed by atoms with Crippen LogP contribution in [0.25, 0.3) is 0 Å².